The van der Waals surface area contributed by atoms with Crippen molar-refractivity contribution >= 4 is 5.69 Å². The van der Waals surface area contributed by atoms with Gasteiger partial charge in [0, 0.05) is 13.1 Å². The fourth-order valence-electron chi connectivity index (χ4n) is 1.37. The summed E-state index contributed by atoms with van der Waals surface area (Å²) in [5, 5.41) is 3.37. The molecule has 0 atom stereocenters. The summed E-state index contributed by atoms with van der Waals surface area (Å²) in [6.45, 7) is 4.01. The summed E-state index contributed by atoms with van der Waals surface area (Å²) in [4.78, 5) is 2.15. The number of benzene rings is 1. The van der Waals surface area contributed by atoms with E-state index in [0.29, 0.717) is 0 Å². The molecule has 0 aliphatic heterocycles. The van der Waals surface area contributed by atoms with Gasteiger partial charge in [-0.3, -0.25) is 0 Å². The molecule has 3 nitrogen and oxygen atoms in total. The SMILES string of the molecule is COc1ccc(C)cc1NCCN(C)C. The lowest BCUT2D eigenvalue weighted by atomic mass is 10.2. The molecule has 1 aromatic rings. The van der Waals surface area contributed by atoms with Crippen molar-refractivity contribution in [3.05, 3.63) is 23.8 Å². The third-order valence-corrected chi connectivity index (χ3v) is 2.23. The number of ether oxygens (including phenoxy) is 1. The van der Waals surface area contributed by atoms with Gasteiger partial charge in [0.25, 0.3) is 0 Å². The Kier molecular flexibility index (Phi) is 4.43. The first-order valence-corrected chi connectivity index (χ1v) is 5.16. The zero-order valence-electron chi connectivity index (χ0n) is 10.0. The Bertz CT molecular complexity index is 310. The second-order valence-corrected chi connectivity index (χ2v) is 3.93. The van der Waals surface area contributed by atoms with Gasteiger partial charge in [-0.1, -0.05) is 6.07 Å². The number of anilines is 1. The number of nitrogens with one attached hydrogen (secondary N) is 1. The van der Waals surface area contributed by atoms with Crippen molar-refractivity contribution in [1.82, 2.24) is 4.90 Å². The number of methoxy groups -OCH3 is 1. The van der Waals surface area contributed by atoms with Crippen LogP contribution in [0.2, 0.25) is 0 Å². The Morgan fingerprint density at radius 2 is 2.07 bits per heavy atom. The average molecular weight is 208 g/mol. The van der Waals surface area contributed by atoms with Crippen LogP contribution in [0.5, 0.6) is 5.75 Å². The summed E-state index contributed by atoms with van der Waals surface area (Å²) >= 11 is 0. The van der Waals surface area contributed by atoms with Crippen LogP contribution in [-0.4, -0.2) is 39.2 Å². The molecule has 0 saturated heterocycles. The van der Waals surface area contributed by atoms with E-state index >= 15 is 0 Å². The van der Waals surface area contributed by atoms with E-state index in [1.54, 1.807) is 7.11 Å². The second-order valence-electron chi connectivity index (χ2n) is 3.93. The lowest BCUT2D eigenvalue weighted by Gasteiger charge is -2.14. The van der Waals surface area contributed by atoms with Crippen molar-refractivity contribution in [1.29, 1.82) is 0 Å². The summed E-state index contributed by atoms with van der Waals surface area (Å²) in [6.07, 6.45) is 0. The maximum Gasteiger partial charge on any atom is 0.141 e. The molecule has 0 aliphatic rings. The molecule has 0 saturated carbocycles. The van der Waals surface area contributed by atoms with Crippen molar-refractivity contribution in [2.24, 2.45) is 0 Å². The van der Waals surface area contributed by atoms with Crippen LogP contribution in [0.4, 0.5) is 5.69 Å². The molecule has 0 amide bonds. The molecular formula is C12H20N2O. The number of aryl methyl sites for hydroxylation is 1. The maximum atomic E-state index is 5.28. The van der Waals surface area contributed by atoms with Crippen molar-refractivity contribution < 1.29 is 4.74 Å². The zero-order chi connectivity index (χ0) is 11.3. The van der Waals surface area contributed by atoms with E-state index in [-0.39, 0.29) is 0 Å². The third kappa shape index (κ3) is 3.80. The molecular weight excluding hydrogens is 188 g/mol. The van der Waals surface area contributed by atoms with Gasteiger partial charge in [0.2, 0.25) is 0 Å². The number of likely N-dealkylation sites (N-methyl/N-ethyl adjacent to an activating group) is 1. The molecule has 1 N–H and O–H groups in total. The van der Waals surface area contributed by atoms with Crippen molar-refractivity contribution in [2.45, 2.75) is 6.92 Å². The minimum Gasteiger partial charge on any atom is -0.495 e. The second kappa shape index (κ2) is 5.61. The lowest BCUT2D eigenvalue weighted by Crippen LogP contribution is -2.20. The summed E-state index contributed by atoms with van der Waals surface area (Å²) < 4.78 is 5.28. The summed E-state index contributed by atoms with van der Waals surface area (Å²) in [7, 11) is 5.83. The van der Waals surface area contributed by atoms with E-state index in [0.717, 1.165) is 24.5 Å². The maximum absolute atomic E-state index is 5.28. The summed E-state index contributed by atoms with van der Waals surface area (Å²) in [6, 6.07) is 6.15. The monoisotopic (exact) mass is 208 g/mol. The van der Waals surface area contributed by atoms with Gasteiger partial charge in [-0.2, -0.15) is 0 Å². The highest BCUT2D eigenvalue weighted by molar-refractivity contribution is 5.57. The molecule has 1 aromatic carbocycles. The zero-order valence-corrected chi connectivity index (χ0v) is 10.0. The first kappa shape index (κ1) is 11.9. The normalized spacial score (nSPS) is 10.5. The molecule has 1 rings (SSSR count). The lowest BCUT2D eigenvalue weighted by molar-refractivity contribution is 0.413. The first-order chi connectivity index (χ1) is 7.13. The van der Waals surface area contributed by atoms with E-state index < -0.39 is 0 Å². The van der Waals surface area contributed by atoms with Crippen LogP contribution < -0.4 is 10.1 Å². The van der Waals surface area contributed by atoms with Gasteiger partial charge in [-0.05, 0) is 38.7 Å². The summed E-state index contributed by atoms with van der Waals surface area (Å²) in [5.41, 5.74) is 2.31. The number of hydrogen-bond acceptors (Lipinski definition) is 3. The highest BCUT2D eigenvalue weighted by Crippen LogP contribution is 2.24. The smallest absolute Gasteiger partial charge is 0.141 e. The molecule has 84 valence electrons. The van der Waals surface area contributed by atoms with Crippen molar-refractivity contribution in [3.63, 3.8) is 0 Å². The summed E-state index contributed by atoms with van der Waals surface area (Å²) in [5.74, 6) is 0.902. The molecule has 0 aromatic heterocycles. The van der Waals surface area contributed by atoms with Crippen LogP contribution >= 0.6 is 0 Å². The standard InChI is InChI=1S/C12H20N2O/c1-10-5-6-12(15-4)11(9-10)13-7-8-14(2)3/h5-6,9,13H,7-8H2,1-4H3. The topological polar surface area (TPSA) is 24.5 Å². The predicted molar refractivity (Wildman–Crippen MR) is 64.8 cm³/mol. The molecule has 0 bridgehead atoms. The fourth-order valence-corrected chi connectivity index (χ4v) is 1.37. The minimum atomic E-state index is 0.902. The molecule has 0 spiro atoms. The van der Waals surface area contributed by atoms with Crippen LogP contribution in [0.15, 0.2) is 18.2 Å². The van der Waals surface area contributed by atoms with Crippen LogP contribution in [-0.2, 0) is 0 Å². The van der Waals surface area contributed by atoms with Gasteiger partial charge in [0.15, 0.2) is 0 Å². The quantitative estimate of drug-likeness (QED) is 0.800. The molecule has 0 unspecified atom stereocenters. The van der Waals surface area contributed by atoms with Crippen LogP contribution in [0.25, 0.3) is 0 Å². The van der Waals surface area contributed by atoms with Crippen LogP contribution in [0, 0.1) is 6.92 Å². The van der Waals surface area contributed by atoms with Crippen LogP contribution in [0.3, 0.4) is 0 Å². The number of rotatable bonds is 5. The Labute approximate surface area is 92.0 Å². The van der Waals surface area contributed by atoms with E-state index in [9.17, 15) is 0 Å². The Morgan fingerprint density at radius 1 is 1.33 bits per heavy atom. The molecule has 0 heterocycles. The average Bonchev–Trinajstić information content (AvgIpc) is 2.17. The Hall–Kier alpha value is -1.22. The van der Waals surface area contributed by atoms with E-state index in [4.69, 9.17) is 4.74 Å². The highest BCUT2D eigenvalue weighted by Gasteiger charge is 2.01. The fraction of sp³-hybridized carbons (Fsp3) is 0.500. The largest absolute Gasteiger partial charge is 0.495 e. The predicted octanol–water partition coefficient (Wildman–Crippen LogP) is 1.98. The highest BCUT2D eigenvalue weighted by atomic mass is 16.5. The van der Waals surface area contributed by atoms with Crippen molar-refractivity contribution in [2.75, 3.05) is 39.6 Å². The molecule has 0 radical (unpaired) electrons. The molecule has 3 heteroatoms. The Balaban J connectivity index is 2.62. The van der Waals surface area contributed by atoms with Gasteiger partial charge >= 0.3 is 0 Å². The number of hydrogen-bond donors (Lipinski definition) is 1. The van der Waals surface area contributed by atoms with E-state index in [2.05, 4.69) is 43.4 Å². The number of nitrogens with zero attached hydrogens (tertiary/aromatic N) is 1. The first-order valence-electron chi connectivity index (χ1n) is 5.16. The van der Waals surface area contributed by atoms with Crippen molar-refractivity contribution in [3.8, 4) is 5.75 Å². The Morgan fingerprint density at radius 3 is 2.67 bits per heavy atom. The molecule has 0 fully saturated rings. The van der Waals surface area contributed by atoms with E-state index in [1.807, 2.05) is 6.07 Å². The van der Waals surface area contributed by atoms with Gasteiger partial charge < -0.3 is 15.0 Å². The van der Waals surface area contributed by atoms with Gasteiger partial charge in [0.05, 0.1) is 12.8 Å². The molecule has 0 aliphatic carbocycles. The van der Waals surface area contributed by atoms with Gasteiger partial charge in [0.1, 0.15) is 5.75 Å². The van der Waals surface area contributed by atoms with E-state index in [1.165, 1.54) is 5.56 Å². The van der Waals surface area contributed by atoms with Crippen LogP contribution in [0.1, 0.15) is 5.56 Å². The third-order valence-electron chi connectivity index (χ3n) is 2.23. The molecule has 15 heavy (non-hydrogen) atoms. The van der Waals surface area contributed by atoms with Gasteiger partial charge in [-0.25, -0.2) is 0 Å². The van der Waals surface area contributed by atoms with Gasteiger partial charge in [-0.15, -0.1) is 0 Å². The minimum absolute atomic E-state index is 0.902.